The highest BCUT2D eigenvalue weighted by molar-refractivity contribution is 6.05. The maximum absolute atomic E-state index is 13.2. The summed E-state index contributed by atoms with van der Waals surface area (Å²) in [5.41, 5.74) is 1.38. The summed E-state index contributed by atoms with van der Waals surface area (Å²) < 4.78 is 6.13. The van der Waals surface area contributed by atoms with Gasteiger partial charge in [-0.2, -0.15) is 0 Å². The Bertz CT molecular complexity index is 1010. The molecule has 3 fully saturated rings. The summed E-state index contributed by atoms with van der Waals surface area (Å²) in [6.45, 7) is 2.48. The lowest BCUT2D eigenvalue weighted by molar-refractivity contribution is -0.140. The molecule has 4 aliphatic rings. The van der Waals surface area contributed by atoms with Crippen LogP contribution in [0.2, 0.25) is 0 Å². The first-order chi connectivity index (χ1) is 16.4. The molecule has 0 bridgehead atoms. The zero-order valence-electron chi connectivity index (χ0n) is 19.6. The molecule has 4 amide bonds. The van der Waals surface area contributed by atoms with Crippen molar-refractivity contribution in [2.45, 2.75) is 69.6 Å². The van der Waals surface area contributed by atoms with Gasteiger partial charge >= 0.3 is 0 Å². The predicted molar refractivity (Wildman–Crippen MR) is 123 cm³/mol. The maximum atomic E-state index is 13.2. The first-order valence-electron chi connectivity index (χ1n) is 12.3. The molecule has 0 aromatic heterocycles. The van der Waals surface area contributed by atoms with Crippen LogP contribution in [0.4, 0.5) is 0 Å². The molecule has 0 aliphatic carbocycles. The third kappa shape index (κ3) is 4.29. The Hall–Kier alpha value is -2.94. The van der Waals surface area contributed by atoms with Gasteiger partial charge in [0.15, 0.2) is 0 Å². The fraction of sp³-hybridized carbons (Fsp3) is 0.600. The van der Waals surface area contributed by atoms with Gasteiger partial charge in [0.05, 0.1) is 12.1 Å². The van der Waals surface area contributed by atoms with Gasteiger partial charge in [0.2, 0.25) is 17.7 Å². The van der Waals surface area contributed by atoms with E-state index in [2.05, 4.69) is 10.2 Å². The molecule has 3 saturated heterocycles. The molecule has 0 spiro atoms. The van der Waals surface area contributed by atoms with Crippen LogP contribution >= 0.6 is 0 Å². The fourth-order valence-corrected chi connectivity index (χ4v) is 5.71. The third-order valence-corrected chi connectivity index (χ3v) is 7.65. The smallest absolute Gasteiger partial charge is 0.255 e. The lowest BCUT2D eigenvalue weighted by Crippen LogP contribution is -2.52. The van der Waals surface area contributed by atoms with Crippen molar-refractivity contribution in [3.8, 4) is 5.75 Å². The number of ether oxygens (including phenoxy) is 1. The van der Waals surface area contributed by atoms with E-state index in [1.165, 1.54) is 4.90 Å². The Kier molecular flexibility index (Phi) is 6.29. The molecule has 1 aromatic carbocycles. The minimum Gasteiger partial charge on any atom is -0.491 e. The number of hydrogen-bond acceptors (Lipinski definition) is 6. The lowest BCUT2D eigenvalue weighted by atomic mass is 10.0. The molecule has 1 aromatic rings. The number of hydrogen-bond donors (Lipinski definition) is 1. The van der Waals surface area contributed by atoms with Crippen molar-refractivity contribution < 1.29 is 23.9 Å². The Morgan fingerprint density at radius 3 is 2.71 bits per heavy atom. The van der Waals surface area contributed by atoms with Crippen LogP contribution in [0.1, 0.15) is 60.9 Å². The highest BCUT2D eigenvalue weighted by Crippen LogP contribution is 2.31. The number of likely N-dealkylation sites (N-methyl/N-ethyl adjacent to an activating group) is 1. The largest absolute Gasteiger partial charge is 0.491 e. The average molecular weight is 469 g/mol. The Morgan fingerprint density at radius 2 is 1.94 bits per heavy atom. The second-order valence-corrected chi connectivity index (χ2v) is 9.85. The van der Waals surface area contributed by atoms with Crippen molar-refractivity contribution in [1.82, 2.24) is 20.0 Å². The topological polar surface area (TPSA) is 99.3 Å². The average Bonchev–Trinajstić information content (AvgIpc) is 3.40. The minimum absolute atomic E-state index is 0.0233. The van der Waals surface area contributed by atoms with E-state index in [4.69, 9.17) is 4.74 Å². The summed E-state index contributed by atoms with van der Waals surface area (Å²) in [7, 11) is 2.02. The molecule has 34 heavy (non-hydrogen) atoms. The van der Waals surface area contributed by atoms with E-state index in [0.717, 1.165) is 50.8 Å². The number of amides is 4. The molecule has 3 atom stereocenters. The predicted octanol–water partition coefficient (Wildman–Crippen LogP) is 1.30. The molecule has 4 heterocycles. The van der Waals surface area contributed by atoms with E-state index in [-0.39, 0.29) is 36.2 Å². The molecule has 1 N–H and O–H groups in total. The monoisotopic (exact) mass is 468 g/mol. The van der Waals surface area contributed by atoms with Crippen molar-refractivity contribution in [1.29, 1.82) is 0 Å². The van der Waals surface area contributed by atoms with Crippen LogP contribution in [0, 0.1) is 0 Å². The van der Waals surface area contributed by atoms with Gasteiger partial charge < -0.3 is 14.5 Å². The van der Waals surface area contributed by atoms with E-state index in [0.29, 0.717) is 30.9 Å². The molecule has 182 valence electrons. The van der Waals surface area contributed by atoms with Crippen molar-refractivity contribution >= 4 is 23.6 Å². The Morgan fingerprint density at radius 1 is 1.09 bits per heavy atom. The van der Waals surface area contributed by atoms with E-state index in [1.54, 1.807) is 12.1 Å². The van der Waals surface area contributed by atoms with Crippen LogP contribution in [0.25, 0.3) is 0 Å². The highest BCUT2D eigenvalue weighted by atomic mass is 16.5. The summed E-state index contributed by atoms with van der Waals surface area (Å²) >= 11 is 0. The van der Waals surface area contributed by atoms with Gasteiger partial charge in [0, 0.05) is 25.1 Å². The molecule has 2 unspecified atom stereocenters. The molecule has 4 aliphatic heterocycles. The summed E-state index contributed by atoms with van der Waals surface area (Å²) in [5, 5.41) is 2.33. The quantitative estimate of drug-likeness (QED) is 0.654. The van der Waals surface area contributed by atoms with Gasteiger partial charge in [-0.15, -0.1) is 0 Å². The van der Waals surface area contributed by atoms with Crippen molar-refractivity contribution in [2.24, 2.45) is 0 Å². The number of likely N-dealkylation sites (tertiary alicyclic amines) is 2. The normalized spacial score (nSPS) is 27.7. The number of nitrogens with one attached hydrogen (secondary N) is 1. The van der Waals surface area contributed by atoms with Crippen LogP contribution in [0.3, 0.4) is 0 Å². The van der Waals surface area contributed by atoms with Gasteiger partial charge in [-0.1, -0.05) is 0 Å². The van der Waals surface area contributed by atoms with Gasteiger partial charge in [-0.05, 0) is 75.9 Å². The Labute approximate surface area is 199 Å². The molecule has 5 rings (SSSR count). The molecule has 9 nitrogen and oxygen atoms in total. The lowest BCUT2D eigenvalue weighted by Gasteiger charge is -2.38. The summed E-state index contributed by atoms with van der Waals surface area (Å²) in [4.78, 5) is 55.5. The first-order valence-corrected chi connectivity index (χ1v) is 12.3. The van der Waals surface area contributed by atoms with E-state index in [9.17, 15) is 19.2 Å². The van der Waals surface area contributed by atoms with Gasteiger partial charge in [0.25, 0.3) is 5.91 Å². The van der Waals surface area contributed by atoms with E-state index >= 15 is 0 Å². The zero-order chi connectivity index (χ0) is 23.8. The Balaban J connectivity index is 1.23. The number of fused-ring (bicyclic) bond motifs is 1. The number of nitrogens with zero attached hydrogens (tertiary/aromatic N) is 3. The van der Waals surface area contributed by atoms with Crippen molar-refractivity contribution in [3.05, 3.63) is 29.3 Å². The number of benzene rings is 1. The standard InChI is InChI=1S/C25H32N4O5/c1-27-11-4-6-21(27)25(33)28-12-3-2-5-17(28)15-34-18-7-8-19-16(13-18)14-29(24(19)32)20-9-10-22(30)26-23(20)31/h7-8,13,17,20-21H,2-6,9-12,14-15H2,1H3,(H,26,30,31)/t17-,20?,21?/m1/s1. The second kappa shape index (κ2) is 9.37. The first kappa shape index (κ1) is 22.8. The maximum Gasteiger partial charge on any atom is 0.255 e. The van der Waals surface area contributed by atoms with Crippen LogP contribution in [-0.4, -0.2) is 83.2 Å². The molecule has 0 saturated carbocycles. The summed E-state index contributed by atoms with van der Waals surface area (Å²) in [5.74, 6) is -0.0269. The molecule has 0 radical (unpaired) electrons. The van der Waals surface area contributed by atoms with Crippen LogP contribution in [0.15, 0.2) is 18.2 Å². The zero-order valence-corrected chi connectivity index (χ0v) is 19.6. The molecular formula is C25H32N4O5. The molecular weight excluding hydrogens is 436 g/mol. The molecule has 9 heteroatoms. The van der Waals surface area contributed by atoms with E-state index in [1.807, 2.05) is 18.0 Å². The number of carbonyl (C=O) groups excluding carboxylic acids is 4. The van der Waals surface area contributed by atoms with Gasteiger partial charge in [-0.3, -0.25) is 29.4 Å². The van der Waals surface area contributed by atoms with Gasteiger partial charge in [-0.25, -0.2) is 0 Å². The van der Waals surface area contributed by atoms with Crippen LogP contribution in [0.5, 0.6) is 5.75 Å². The number of carbonyl (C=O) groups is 4. The fourth-order valence-electron chi connectivity index (χ4n) is 5.71. The van der Waals surface area contributed by atoms with Crippen LogP contribution in [-0.2, 0) is 20.9 Å². The number of imide groups is 1. The van der Waals surface area contributed by atoms with Crippen LogP contribution < -0.4 is 10.1 Å². The number of rotatable bonds is 5. The van der Waals surface area contributed by atoms with Crippen molar-refractivity contribution in [3.63, 3.8) is 0 Å². The van der Waals surface area contributed by atoms with Gasteiger partial charge in [0.1, 0.15) is 18.4 Å². The van der Waals surface area contributed by atoms with E-state index < -0.39 is 11.9 Å². The van der Waals surface area contributed by atoms with Crippen molar-refractivity contribution in [2.75, 3.05) is 26.7 Å². The minimum atomic E-state index is -0.627. The SMILES string of the molecule is CN1CCCC1C(=O)N1CCCC[C@@H]1COc1ccc2c(c1)CN(C1CCC(=O)NC1=O)C2=O. The number of piperidine rings is 2. The summed E-state index contributed by atoms with van der Waals surface area (Å²) in [6, 6.07) is 4.78. The highest BCUT2D eigenvalue weighted by Gasteiger charge is 2.39. The summed E-state index contributed by atoms with van der Waals surface area (Å²) in [6.07, 6.45) is 5.59. The third-order valence-electron chi connectivity index (χ3n) is 7.65. The second-order valence-electron chi connectivity index (χ2n) is 9.85.